The molecule has 2 aliphatic carbocycles. The Hall–Kier alpha value is -0.520. The second-order valence-electron chi connectivity index (χ2n) is 8.27. The van der Waals surface area contributed by atoms with Gasteiger partial charge in [0, 0.05) is 0 Å². The highest BCUT2D eigenvalue weighted by atomic mass is 14.4. The Morgan fingerprint density at radius 2 is 1.22 bits per heavy atom. The quantitative estimate of drug-likeness (QED) is 0.302. The molecule has 0 saturated heterocycles. The van der Waals surface area contributed by atoms with E-state index < -0.39 is 0 Å². The minimum absolute atomic E-state index is 1.02. The Balaban J connectivity index is 1.57. The summed E-state index contributed by atoms with van der Waals surface area (Å²) in [5.74, 6) is 4.26. The molecule has 2 aliphatic rings. The minimum atomic E-state index is 1.02. The first-order chi connectivity index (χ1) is 11.3. The highest BCUT2D eigenvalue weighted by molar-refractivity contribution is 4.86. The summed E-state index contributed by atoms with van der Waals surface area (Å²) in [6.07, 6.45) is 27.0. The minimum Gasteiger partial charge on any atom is -0.103 e. The fraction of sp³-hybridized carbons (Fsp3) is 0.826. The Morgan fingerprint density at radius 3 is 1.74 bits per heavy atom. The first kappa shape index (κ1) is 18.8. The van der Waals surface area contributed by atoms with Crippen molar-refractivity contribution in [3.63, 3.8) is 0 Å². The van der Waals surface area contributed by atoms with Gasteiger partial charge < -0.3 is 0 Å². The van der Waals surface area contributed by atoms with Gasteiger partial charge in [0.2, 0.25) is 0 Å². The van der Waals surface area contributed by atoms with Crippen LogP contribution in [-0.2, 0) is 0 Å². The summed E-state index contributed by atoms with van der Waals surface area (Å²) in [6, 6.07) is 0. The first-order valence-corrected chi connectivity index (χ1v) is 10.6. The predicted molar refractivity (Wildman–Crippen MR) is 104 cm³/mol. The maximum atomic E-state index is 3.78. The van der Waals surface area contributed by atoms with E-state index in [9.17, 15) is 0 Å². The molecule has 0 aromatic carbocycles. The molecule has 0 unspecified atom stereocenters. The number of hydrogen-bond acceptors (Lipinski definition) is 0. The van der Waals surface area contributed by atoms with E-state index in [0.29, 0.717) is 0 Å². The average Bonchev–Trinajstić information content (AvgIpc) is 2.60. The maximum absolute atomic E-state index is 3.78. The Labute approximate surface area is 145 Å². The molecule has 0 bridgehead atoms. The number of allylic oxidation sites excluding steroid dienone is 3. The first-order valence-electron chi connectivity index (χ1n) is 10.6. The van der Waals surface area contributed by atoms with Crippen LogP contribution in [0.1, 0.15) is 96.8 Å². The summed E-state index contributed by atoms with van der Waals surface area (Å²) in [7, 11) is 0. The van der Waals surface area contributed by atoms with E-state index in [1.165, 1.54) is 70.6 Å². The van der Waals surface area contributed by atoms with Crippen LogP contribution in [0.3, 0.4) is 0 Å². The van der Waals surface area contributed by atoms with E-state index in [1.807, 2.05) is 6.08 Å². The smallest absolute Gasteiger partial charge is 0.0316 e. The highest BCUT2D eigenvalue weighted by Crippen LogP contribution is 2.42. The molecule has 0 atom stereocenters. The van der Waals surface area contributed by atoms with Crippen LogP contribution in [0.25, 0.3) is 0 Å². The van der Waals surface area contributed by atoms with Crippen LogP contribution in [0.15, 0.2) is 24.8 Å². The van der Waals surface area contributed by atoms with Gasteiger partial charge in [0.1, 0.15) is 0 Å². The Morgan fingerprint density at radius 1 is 0.696 bits per heavy atom. The van der Waals surface area contributed by atoms with Gasteiger partial charge >= 0.3 is 0 Å². The van der Waals surface area contributed by atoms with E-state index in [4.69, 9.17) is 0 Å². The molecule has 0 heterocycles. The molecule has 0 heteroatoms. The van der Waals surface area contributed by atoms with Gasteiger partial charge in [-0.1, -0.05) is 63.7 Å². The van der Waals surface area contributed by atoms with Crippen molar-refractivity contribution < 1.29 is 0 Å². The molecule has 0 aliphatic heterocycles. The second-order valence-corrected chi connectivity index (χ2v) is 8.27. The third-order valence-corrected chi connectivity index (χ3v) is 6.59. The molecule has 23 heavy (non-hydrogen) atoms. The van der Waals surface area contributed by atoms with Crippen molar-refractivity contribution in [1.82, 2.24) is 0 Å². The Bertz CT molecular complexity index is 324. The molecule has 0 nitrogen and oxygen atoms in total. The summed E-state index contributed by atoms with van der Waals surface area (Å²) in [5.41, 5.74) is 0. The van der Waals surface area contributed by atoms with Crippen LogP contribution in [0.2, 0.25) is 0 Å². The summed E-state index contributed by atoms with van der Waals surface area (Å²) >= 11 is 0. The third-order valence-electron chi connectivity index (χ3n) is 6.59. The van der Waals surface area contributed by atoms with Gasteiger partial charge in [-0.05, 0) is 75.0 Å². The van der Waals surface area contributed by atoms with Crippen LogP contribution < -0.4 is 0 Å². The number of rotatable bonds is 9. The second kappa shape index (κ2) is 11.1. The lowest BCUT2D eigenvalue weighted by molar-refractivity contribution is 0.141. The van der Waals surface area contributed by atoms with E-state index in [2.05, 4.69) is 25.7 Å². The molecule has 0 aromatic heterocycles. The van der Waals surface area contributed by atoms with Gasteiger partial charge in [-0.25, -0.2) is 0 Å². The van der Waals surface area contributed by atoms with Crippen molar-refractivity contribution in [2.75, 3.05) is 0 Å². The van der Waals surface area contributed by atoms with Crippen molar-refractivity contribution in [3.8, 4) is 0 Å². The summed E-state index contributed by atoms with van der Waals surface area (Å²) in [5, 5.41) is 0. The van der Waals surface area contributed by atoms with Crippen LogP contribution in [-0.4, -0.2) is 0 Å². The fourth-order valence-corrected chi connectivity index (χ4v) is 5.09. The zero-order valence-electron chi connectivity index (χ0n) is 15.6. The molecule has 0 spiro atoms. The fourth-order valence-electron chi connectivity index (χ4n) is 5.09. The van der Waals surface area contributed by atoms with E-state index in [0.717, 1.165) is 30.1 Å². The van der Waals surface area contributed by atoms with Crippen LogP contribution in [0, 0.1) is 23.7 Å². The Kier molecular flexibility index (Phi) is 9.09. The van der Waals surface area contributed by atoms with E-state index in [1.54, 1.807) is 12.8 Å². The standard InChI is InChI=1S/C23H40/c1-3-5-6-7-8-9-11-21-14-18-23(19-15-21)22-16-12-20(10-4-2)13-17-22/h3,7-8,20-23H,1,4-6,9-19H2,2H3. The lowest BCUT2D eigenvalue weighted by Crippen LogP contribution is -2.25. The van der Waals surface area contributed by atoms with Crippen molar-refractivity contribution >= 4 is 0 Å². The molecular formula is C23H40. The van der Waals surface area contributed by atoms with Crippen molar-refractivity contribution in [2.45, 2.75) is 96.8 Å². The van der Waals surface area contributed by atoms with E-state index in [-0.39, 0.29) is 0 Å². The molecule has 2 saturated carbocycles. The predicted octanol–water partition coefficient (Wildman–Crippen LogP) is 7.70. The maximum Gasteiger partial charge on any atom is -0.0316 e. The topological polar surface area (TPSA) is 0 Å². The molecule has 0 amide bonds. The zero-order valence-corrected chi connectivity index (χ0v) is 15.6. The van der Waals surface area contributed by atoms with E-state index >= 15 is 0 Å². The normalized spacial score (nSPS) is 32.2. The van der Waals surface area contributed by atoms with Gasteiger partial charge in [0.25, 0.3) is 0 Å². The van der Waals surface area contributed by atoms with Crippen LogP contribution in [0.4, 0.5) is 0 Å². The molecule has 132 valence electrons. The number of unbranched alkanes of at least 4 members (excludes halogenated alkanes) is 1. The summed E-state index contributed by atoms with van der Waals surface area (Å²) in [6.45, 7) is 6.13. The highest BCUT2D eigenvalue weighted by Gasteiger charge is 2.30. The van der Waals surface area contributed by atoms with Gasteiger partial charge in [-0.2, -0.15) is 0 Å². The monoisotopic (exact) mass is 316 g/mol. The van der Waals surface area contributed by atoms with Gasteiger partial charge in [-0.15, -0.1) is 6.58 Å². The van der Waals surface area contributed by atoms with Gasteiger partial charge in [-0.3, -0.25) is 0 Å². The lowest BCUT2D eigenvalue weighted by Gasteiger charge is -2.38. The molecule has 2 rings (SSSR count). The average molecular weight is 317 g/mol. The third kappa shape index (κ3) is 6.86. The molecule has 2 fully saturated rings. The zero-order chi connectivity index (χ0) is 16.3. The molecule has 0 N–H and O–H groups in total. The van der Waals surface area contributed by atoms with Gasteiger partial charge in [0.05, 0.1) is 0 Å². The van der Waals surface area contributed by atoms with Crippen molar-refractivity contribution in [2.24, 2.45) is 23.7 Å². The van der Waals surface area contributed by atoms with Crippen molar-refractivity contribution in [1.29, 1.82) is 0 Å². The van der Waals surface area contributed by atoms with Crippen LogP contribution >= 0.6 is 0 Å². The van der Waals surface area contributed by atoms with Crippen LogP contribution in [0.5, 0.6) is 0 Å². The molecule has 0 aromatic rings. The molecular weight excluding hydrogens is 276 g/mol. The SMILES string of the molecule is C=CCCC=CCCC1CCC(C2CCC(CCC)CC2)CC1. The number of hydrogen-bond donors (Lipinski definition) is 0. The van der Waals surface area contributed by atoms with Crippen molar-refractivity contribution in [3.05, 3.63) is 24.8 Å². The largest absolute Gasteiger partial charge is 0.103 e. The summed E-state index contributed by atoms with van der Waals surface area (Å²) < 4.78 is 0. The summed E-state index contributed by atoms with van der Waals surface area (Å²) in [4.78, 5) is 0. The molecule has 0 radical (unpaired) electrons. The lowest BCUT2D eigenvalue weighted by atomic mass is 9.68. The van der Waals surface area contributed by atoms with Gasteiger partial charge in [0.15, 0.2) is 0 Å².